The fraction of sp³-hybridized carbons (Fsp3) is 0.211. The molecule has 3 N–H and O–H groups in total. The van der Waals surface area contributed by atoms with E-state index in [1.165, 1.54) is 4.70 Å². The number of para-hydroxylation sites is 1. The number of nitrogens with zero attached hydrogens (tertiary/aromatic N) is 1. The third-order valence-electron chi connectivity index (χ3n) is 3.84. The maximum atomic E-state index is 12.0. The lowest BCUT2D eigenvalue weighted by molar-refractivity contribution is -0.116. The molecule has 2 aromatic carbocycles. The predicted octanol–water partition coefficient (Wildman–Crippen LogP) is 3.75. The molecule has 0 bridgehead atoms. The van der Waals surface area contributed by atoms with Crippen molar-refractivity contribution in [3.63, 3.8) is 0 Å². The summed E-state index contributed by atoms with van der Waals surface area (Å²) in [5.41, 5.74) is 7.32. The smallest absolute Gasteiger partial charge is 0.248 e. The van der Waals surface area contributed by atoms with E-state index < -0.39 is 5.91 Å². The van der Waals surface area contributed by atoms with Crippen molar-refractivity contribution in [3.05, 3.63) is 59.1 Å². The number of anilines is 1. The Labute approximate surface area is 149 Å². The van der Waals surface area contributed by atoms with E-state index >= 15 is 0 Å². The van der Waals surface area contributed by atoms with Crippen molar-refractivity contribution in [2.75, 3.05) is 5.32 Å². The molecule has 6 heteroatoms. The summed E-state index contributed by atoms with van der Waals surface area (Å²) in [5, 5.41) is 3.94. The second-order valence-corrected chi connectivity index (χ2v) is 6.89. The Kier molecular flexibility index (Phi) is 5.40. The fourth-order valence-electron chi connectivity index (χ4n) is 2.53. The van der Waals surface area contributed by atoms with Gasteiger partial charge in [0.15, 0.2) is 0 Å². The van der Waals surface area contributed by atoms with Gasteiger partial charge in [0.05, 0.1) is 15.2 Å². The summed E-state index contributed by atoms with van der Waals surface area (Å²) in [6, 6.07) is 14.7. The van der Waals surface area contributed by atoms with Crippen LogP contribution in [0.25, 0.3) is 10.2 Å². The van der Waals surface area contributed by atoms with Crippen molar-refractivity contribution >= 4 is 39.1 Å². The fourth-order valence-corrected chi connectivity index (χ4v) is 3.54. The van der Waals surface area contributed by atoms with Gasteiger partial charge in [0.1, 0.15) is 0 Å². The molecule has 0 aliphatic rings. The zero-order valence-corrected chi connectivity index (χ0v) is 14.5. The van der Waals surface area contributed by atoms with Crippen molar-refractivity contribution < 1.29 is 9.59 Å². The summed E-state index contributed by atoms with van der Waals surface area (Å²) in [7, 11) is 0. The molecule has 0 radical (unpaired) electrons. The van der Waals surface area contributed by atoms with Crippen molar-refractivity contribution in [2.45, 2.75) is 25.7 Å². The Morgan fingerprint density at radius 2 is 1.80 bits per heavy atom. The number of aromatic nitrogens is 1. The molecule has 0 saturated heterocycles. The van der Waals surface area contributed by atoms with Gasteiger partial charge >= 0.3 is 0 Å². The number of thiazole rings is 1. The summed E-state index contributed by atoms with van der Waals surface area (Å²) in [6.45, 7) is 0. The van der Waals surface area contributed by atoms with Gasteiger partial charge in [-0.1, -0.05) is 12.1 Å². The van der Waals surface area contributed by atoms with Crippen LogP contribution in [-0.2, 0) is 11.2 Å². The Morgan fingerprint density at radius 1 is 1.04 bits per heavy atom. The number of unbranched alkanes of at least 4 members (excludes halogenated alkanes) is 1. The Hall–Kier alpha value is -2.73. The molecule has 25 heavy (non-hydrogen) atoms. The topological polar surface area (TPSA) is 85.1 Å². The van der Waals surface area contributed by atoms with Gasteiger partial charge in [-0.3, -0.25) is 9.59 Å². The summed E-state index contributed by atoms with van der Waals surface area (Å²) in [5.74, 6) is -0.510. The first-order chi connectivity index (χ1) is 12.1. The molecule has 3 aromatic rings. The first-order valence-corrected chi connectivity index (χ1v) is 8.97. The molecule has 1 heterocycles. The van der Waals surface area contributed by atoms with Crippen molar-refractivity contribution in [1.82, 2.24) is 4.98 Å². The molecule has 0 aliphatic carbocycles. The monoisotopic (exact) mass is 353 g/mol. The number of hydrogen-bond acceptors (Lipinski definition) is 4. The molecular weight excluding hydrogens is 334 g/mol. The summed E-state index contributed by atoms with van der Waals surface area (Å²) in [6.07, 6.45) is 3.08. The predicted molar refractivity (Wildman–Crippen MR) is 101 cm³/mol. The van der Waals surface area contributed by atoms with E-state index in [9.17, 15) is 9.59 Å². The maximum absolute atomic E-state index is 12.0. The average Bonchev–Trinajstić information content (AvgIpc) is 3.02. The largest absolute Gasteiger partial charge is 0.366 e. The van der Waals surface area contributed by atoms with Gasteiger partial charge < -0.3 is 11.1 Å². The van der Waals surface area contributed by atoms with Crippen LogP contribution in [-0.4, -0.2) is 16.8 Å². The molecule has 0 fully saturated rings. The molecule has 0 saturated carbocycles. The van der Waals surface area contributed by atoms with E-state index in [0.29, 0.717) is 17.7 Å². The number of nitrogens with one attached hydrogen (secondary N) is 1. The minimum Gasteiger partial charge on any atom is -0.366 e. The third-order valence-corrected chi connectivity index (χ3v) is 4.93. The molecular formula is C19H19N3O2S. The van der Waals surface area contributed by atoms with E-state index in [1.807, 2.05) is 18.2 Å². The number of carbonyl (C=O) groups is 2. The number of nitrogens with two attached hydrogens (primary N) is 1. The van der Waals surface area contributed by atoms with Crippen LogP contribution in [0.5, 0.6) is 0 Å². The number of fused-ring (bicyclic) bond motifs is 1. The van der Waals surface area contributed by atoms with Crippen molar-refractivity contribution in [2.24, 2.45) is 5.73 Å². The highest BCUT2D eigenvalue weighted by Crippen LogP contribution is 2.23. The van der Waals surface area contributed by atoms with E-state index in [2.05, 4.69) is 16.4 Å². The van der Waals surface area contributed by atoms with Crippen LogP contribution < -0.4 is 11.1 Å². The number of aryl methyl sites for hydroxylation is 1. The average molecular weight is 353 g/mol. The molecule has 0 aliphatic heterocycles. The Morgan fingerprint density at radius 3 is 2.52 bits per heavy atom. The highest BCUT2D eigenvalue weighted by Gasteiger charge is 2.06. The van der Waals surface area contributed by atoms with E-state index in [1.54, 1.807) is 35.6 Å². The molecule has 128 valence electrons. The number of carbonyl (C=O) groups excluding carboxylic acids is 2. The molecule has 0 atom stereocenters. The molecule has 2 amide bonds. The second kappa shape index (κ2) is 7.90. The molecule has 5 nitrogen and oxygen atoms in total. The Bertz CT molecular complexity index is 854. The van der Waals surface area contributed by atoms with Gasteiger partial charge in [0.25, 0.3) is 0 Å². The third kappa shape index (κ3) is 4.64. The minimum absolute atomic E-state index is 0.0314. The van der Waals surface area contributed by atoms with Crippen molar-refractivity contribution in [3.8, 4) is 0 Å². The summed E-state index contributed by atoms with van der Waals surface area (Å²) in [4.78, 5) is 27.6. The number of amides is 2. The van der Waals surface area contributed by atoms with E-state index in [0.717, 1.165) is 29.8 Å². The van der Waals surface area contributed by atoms with Crippen LogP contribution in [0.2, 0.25) is 0 Å². The number of benzene rings is 2. The van der Waals surface area contributed by atoms with E-state index in [-0.39, 0.29) is 5.91 Å². The number of rotatable bonds is 7. The quantitative estimate of drug-likeness (QED) is 0.634. The van der Waals surface area contributed by atoms with Gasteiger partial charge in [0.2, 0.25) is 11.8 Å². The highest BCUT2D eigenvalue weighted by molar-refractivity contribution is 7.18. The number of hydrogen-bond donors (Lipinski definition) is 2. The molecule has 1 aromatic heterocycles. The molecule has 0 unspecified atom stereocenters. The summed E-state index contributed by atoms with van der Waals surface area (Å²) < 4.78 is 1.20. The molecule has 3 rings (SSSR count). The zero-order chi connectivity index (χ0) is 17.6. The van der Waals surface area contributed by atoms with Crippen LogP contribution in [0.4, 0.5) is 5.69 Å². The van der Waals surface area contributed by atoms with Crippen LogP contribution in [0.1, 0.15) is 34.6 Å². The lowest BCUT2D eigenvalue weighted by Gasteiger charge is -2.05. The first-order valence-electron chi connectivity index (χ1n) is 8.16. The van der Waals surface area contributed by atoms with Gasteiger partial charge in [0, 0.05) is 17.7 Å². The standard InChI is InChI=1S/C19H19N3O2S/c20-19(24)13-9-11-14(12-10-13)21-17(23)7-3-4-8-18-22-15-5-1-2-6-16(15)25-18/h1-2,5-6,9-12H,3-4,7-8H2,(H2,20,24)(H,21,23). The molecule has 0 spiro atoms. The maximum Gasteiger partial charge on any atom is 0.248 e. The van der Waals surface area contributed by atoms with Gasteiger partial charge in [-0.2, -0.15) is 0 Å². The van der Waals surface area contributed by atoms with Crippen LogP contribution in [0.15, 0.2) is 48.5 Å². The van der Waals surface area contributed by atoms with Crippen molar-refractivity contribution in [1.29, 1.82) is 0 Å². The van der Waals surface area contributed by atoms with Gasteiger partial charge in [-0.05, 0) is 55.7 Å². The summed E-state index contributed by atoms with van der Waals surface area (Å²) >= 11 is 1.71. The zero-order valence-electron chi connectivity index (χ0n) is 13.7. The second-order valence-electron chi connectivity index (χ2n) is 5.77. The minimum atomic E-state index is -0.479. The van der Waals surface area contributed by atoms with E-state index in [4.69, 9.17) is 5.73 Å². The normalized spacial score (nSPS) is 10.7. The van der Waals surface area contributed by atoms with Crippen LogP contribution in [0, 0.1) is 0 Å². The van der Waals surface area contributed by atoms with Crippen LogP contribution >= 0.6 is 11.3 Å². The van der Waals surface area contributed by atoms with Gasteiger partial charge in [-0.25, -0.2) is 4.98 Å². The Balaban J connectivity index is 1.42. The number of primary amides is 1. The lowest BCUT2D eigenvalue weighted by atomic mass is 10.1. The first kappa shape index (κ1) is 17.1. The highest BCUT2D eigenvalue weighted by atomic mass is 32.1. The SMILES string of the molecule is NC(=O)c1ccc(NC(=O)CCCCc2nc3ccccc3s2)cc1. The van der Waals surface area contributed by atoms with Crippen LogP contribution in [0.3, 0.4) is 0 Å². The lowest BCUT2D eigenvalue weighted by Crippen LogP contribution is -2.13. The van der Waals surface area contributed by atoms with Gasteiger partial charge in [-0.15, -0.1) is 11.3 Å².